The number of aromatic hydroxyl groups is 4. The summed E-state index contributed by atoms with van der Waals surface area (Å²) in [6.45, 7) is 0. The number of rotatable bonds is 7. The fourth-order valence-electron chi connectivity index (χ4n) is 2.96. The number of phenolic OH excluding ortho intramolecular Hbond substituents is 3. The number of hydrogen-bond acceptors (Lipinski definition) is 7. The minimum Gasteiger partial charge on any atom is -0.507 e. The van der Waals surface area contributed by atoms with Crippen molar-refractivity contribution in [1.82, 2.24) is 9.97 Å². The van der Waals surface area contributed by atoms with Crippen molar-refractivity contribution >= 4 is 5.97 Å². The number of carboxylic acids is 1. The third-order valence-electron chi connectivity index (χ3n) is 4.50. The van der Waals surface area contributed by atoms with Gasteiger partial charge in [-0.1, -0.05) is 6.07 Å². The van der Waals surface area contributed by atoms with E-state index in [0.717, 1.165) is 17.0 Å². The second kappa shape index (κ2) is 8.47. The van der Waals surface area contributed by atoms with E-state index in [9.17, 15) is 25.2 Å². The Hall–Kier alpha value is -3.81. The van der Waals surface area contributed by atoms with Gasteiger partial charge in [0, 0.05) is 12.4 Å². The third kappa shape index (κ3) is 4.92. The normalized spacial score (nSPS) is 10.8. The smallest absolute Gasteiger partial charge is 0.339 e. The Morgan fingerprint density at radius 3 is 1.86 bits per heavy atom. The first-order chi connectivity index (χ1) is 13.8. The topological polar surface area (TPSA) is 144 Å². The van der Waals surface area contributed by atoms with Gasteiger partial charge in [0.05, 0.1) is 11.4 Å². The van der Waals surface area contributed by atoms with Crippen molar-refractivity contribution in [3.63, 3.8) is 0 Å². The predicted molar refractivity (Wildman–Crippen MR) is 103 cm³/mol. The molecule has 0 spiro atoms. The molecule has 0 aliphatic rings. The molecule has 0 aliphatic heterocycles. The van der Waals surface area contributed by atoms with Gasteiger partial charge in [-0.25, -0.2) is 4.79 Å². The molecule has 0 aliphatic carbocycles. The van der Waals surface area contributed by atoms with Crippen molar-refractivity contribution in [1.29, 1.82) is 0 Å². The Labute approximate surface area is 166 Å². The van der Waals surface area contributed by atoms with Crippen LogP contribution in [0.3, 0.4) is 0 Å². The molecule has 0 saturated heterocycles. The van der Waals surface area contributed by atoms with Gasteiger partial charge in [-0.2, -0.15) is 0 Å². The van der Waals surface area contributed by atoms with E-state index < -0.39 is 11.7 Å². The first kappa shape index (κ1) is 19.9. The summed E-state index contributed by atoms with van der Waals surface area (Å²) >= 11 is 0. The summed E-state index contributed by atoms with van der Waals surface area (Å²) in [6, 6.07) is 7.24. The van der Waals surface area contributed by atoms with E-state index in [1.807, 2.05) is 0 Å². The molecule has 150 valence electrons. The summed E-state index contributed by atoms with van der Waals surface area (Å²) in [5.74, 6) is -2.75. The zero-order chi connectivity index (χ0) is 21.0. The molecule has 0 saturated carbocycles. The minimum atomic E-state index is -1.18. The van der Waals surface area contributed by atoms with E-state index in [0.29, 0.717) is 31.2 Å². The van der Waals surface area contributed by atoms with Gasteiger partial charge in [-0.15, -0.1) is 0 Å². The number of hydrogen-bond donors (Lipinski definition) is 5. The Balaban J connectivity index is 1.62. The van der Waals surface area contributed by atoms with Gasteiger partial charge < -0.3 is 25.5 Å². The molecule has 1 aromatic heterocycles. The Morgan fingerprint density at radius 1 is 0.759 bits per heavy atom. The second-order valence-corrected chi connectivity index (χ2v) is 6.64. The number of aryl methyl sites for hydroxylation is 4. The van der Waals surface area contributed by atoms with E-state index in [2.05, 4.69) is 9.97 Å². The fraction of sp³-hybridized carbons (Fsp3) is 0.190. The summed E-state index contributed by atoms with van der Waals surface area (Å²) in [5.41, 5.74) is 2.79. The van der Waals surface area contributed by atoms with Crippen molar-refractivity contribution in [3.8, 4) is 23.0 Å². The molecule has 1 heterocycles. The maximum absolute atomic E-state index is 10.9. The van der Waals surface area contributed by atoms with Crippen molar-refractivity contribution in [2.24, 2.45) is 0 Å². The van der Waals surface area contributed by atoms with Crippen LogP contribution in [-0.2, 0) is 25.7 Å². The Morgan fingerprint density at radius 2 is 1.31 bits per heavy atom. The summed E-state index contributed by atoms with van der Waals surface area (Å²) < 4.78 is 0. The third-order valence-corrected chi connectivity index (χ3v) is 4.50. The monoisotopic (exact) mass is 396 g/mol. The van der Waals surface area contributed by atoms with Gasteiger partial charge in [-0.05, 0) is 61.1 Å². The number of aromatic carboxylic acids is 1. The lowest BCUT2D eigenvalue weighted by atomic mass is 10.0. The van der Waals surface area contributed by atoms with Crippen LogP contribution in [0.25, 0.3) is 0 Å². The molecular formula is C21H20N2O6. The van der Waals surface area contributed by atoms with Crippen LogP contribution in [0, 0.1) is 0 Å². The zero-order valence-electron chi connectivity index (χ0n) is 15.4. The summed E-state index contributed by atoms with van der Waals surface area (Å²) in [7, 11) is 0. The molecule has 3 aromatic rings. The van der Waals surface area contributed by atoms with Gasteiger partial charge in [-0.3, -0.25) is 9.97 Å². The van der Waals surface area contributed by atoms with Crippen LogP contribution in [-0.4, -0.2) is 41.5 Å². The van der Waals surface area contributed by atoms with E-state index >= 15 is 0 Å². The summed E-state index contributed by atoms with van der Waals surface area (Å²) in [6.07, 6.45) is 5.42. The highest BCUT2D eigenvalue weighted by Gasteiger charge is 2.11. The lowest BCUT2D eigenvalue weighted by Crippen LogP contribution is -2.02. The van der Waals surface area contributed by atoms with E-state index in [1.54, 1.807) is 18.5 Å². The zero-order valence-corrected chi connectivity index (χ0v) is 15.4. The molecule has 0 atom stereocenters. The van der Waals surface area contributed by atoms with E-state index in [-0.39, 0.29) is 22.8 Å². The molecule has 5 N–H and O–H groups in total. The van der Waals surface area contributed by atoms with Gasteiger partial charge in [0.1, 0.15) is 11.3 Å². The first-order valence-electron chi connectivity index (χ1n) is 8.92. The standard InChI is InChI=1S/C21H20N2O6/c24-17-7-12(3-6-16(17)21(28)29)1-4-14-10-22-11-15(23-14)5-2-13-8-18(25)20(27)19(26)9-13/h3,6-11,24-27H,1-2,4-5H2,(H,28,29). The molecule has 0 unspecified atom stereocenters. The number of aromatic nitrogens is 2. The van der Waals surface area contributed by atoms with Gasteiger partial charge in [0.15, 0.2) is 17.2 Å². The molecular weight excluding hydrogens is 376 g/mol. The van der Waals surface area contributed by atoms with Gasteiger partial charge >= 0.3 is 5.97 Å². The predicted octanol–water partition coefficient (Wildman–Crippen LogP) is 2.57. The van der Waals surface area contributed by atoms with Crippen LogP contribution in [0.1, 0.15) is 32.9 Å². The Bertz CT molecular complexity index is 1030. The molecule has 29 heavy (non-hydrogen) atoms. The highest BCUT2D eigenvalue weighted by molar-refractivity contribution is 5.90. The molecule has 2 aromatic carbocycles. The van der Waals surface area contributed by atoms with Crippen molar-refractivity contribution in [2.75, 3.05) is 0 Å². The second-order valence-electron chi connectivity index (χ2n) is 6.64. The molecule has 0 fully saturated rings. The first-order valence-corrected chi connectivity index (χ1v) is 8.92. The summed E-state index contributed by atoms with van der Waals surface area (Å²) in [4.78, 5) is 19.7. The van der Waals surface area contributed by atoms with Crippen LogP contribution >= 0.6 is 0 Å². The summed E-state index contributed by atoms with van der Waals surface area (Å²) in [5, 5.41) is 47.3. The molecule has 0 bridgehead atoms. The number of benzene rings is 2. The lowest BCUT2D eigenvalue weighted by molar-refractivity contribution is 0.0693. The van der Waals surface area contributed by atoms with Crippen molar-refractivity contribution < 1.29 is 30.3 Å². The fourth-order valence-corrected chi connectivity index (χ4v) is 2.96. The molecule has 0 amide bonds. The molecule has 8 nitrogen and oxygen atoms in total. The van der Waals surface area contributed by atoms with Crippen LogP contribution in [0.4, 0.5) is 0 Å². The number of carbonyl (C=O) groups is 1. The van der Waals surface area contributed by atoms with E-state index in [4.69, 9.17) is 5.11 Å². The average molecular weight is 396 g/mol. The maximum Gasteiger partial charge on any atom is 0.339 e. The maximum atomic E-state index is 10.9. The number of nitrogens with zero attached hydrogens (tertiary/aromatic N) is 2. The minimum absolute atomic E-state index is 0.137. The number of carboxylic acid groups (broad SMARTS) is 1. The highest BCUT2D eigenvalue weighted by atomic mass is 16.4. The molecule has 8 heteroatoms. The SMILES string of the molecule is O=C(O)c1ccc(CCc2cncc(CCc3cc(O)c(O)c(O)c3)n2)cc1O. The van der Waals surface area contributed by atoms with Crippen LogP contribution in [0.5, 0.6) is 23.0 Å². The largest absolute Gasteiger partial charge is 0.507 e. The average Bonchev–Trinajstić information content (AvgIpc) is 2.69. The van der Waals surface area contributed by atoms with Gasteiger partial charge in [0.2, 0.25) is 0 Å². The highest BCUT2D eigenvalue weighted by Crippen LogP contribution is 2.35. The quantitative estimate of drug-likeness (QED) is 0.383. The van der Waals surface area contributed by atoms with Crippen LogP contribution in [0.2, 0.25) is 0 Å². The molecule has 0 radical (unpaired) electrons. The van der Waals surface area contributed by atoms with Crippen LogP contribution < -0.4 is 0 Å². The van der Waals surface area contributed by atoms with Gasteiger partial charge in [0.25, 0.3) is 0 Å². The molecule has 3 rings (SSSR count). The van der Waals surface area contributed by atoms with E-state index in [1.165, 1.54) is 24.3 Å². The van der Waals surface area contributed by atoms with Crippen molar-refractivity contribution in [2.45, 2.75) is 25.7 Å². The van der Waals surface area contributed by atoms with Crippen molar-refractivity contribution in [3.05, 3.63) is 70.8 Å². The Kier molecular flexibility index (Phi) is 5.82. The lowest BCUT2D eigenvalue weighted by Gasteiger charge is -2.07. The van der Waals surface area contributed by atoms with Crippen LogP contribution in [0.15, 0.2) is 42.7 Å². The number of phenols is 4.